The molecule has 1 aliphatic heterocycles. The zero-order valence-electron chi connectivity index (χ0n) is 13.7. The van der Waals surface area contributed by atoms with Crippen molar-refractivity contribution >= 4 is 23.2 Å². The Bertz CT molecular complexity index is 483. The van der Waals surface area contributed by atoms with Crippen molar-refractivity contribution in [3.05, 3.63) is 22.4 Å². The van der Waals surface area contributed by atoms with Crippen molar-refractivity contribution < 1.29 is 19.1 Å². The number of aryl methyl sites for hydroxylation is 1. The zero-order chi connectivity index (χ0) is 16.5. The van der Waals surface area contributed by atoms with E-state index in [-0.39, 0.29) is 24.4 Å². The first-order valence-corrected chi connectivity index (χ1v) is 9.05. The van der Waals surface area contributed by atoms with E-state index in [1.54, 1.807) is 16.2 Å². The van der Waals surface area contributed by atoms with E-state index < -0.39 is 0 Å². The number of amides is 1. The van der Waals surface area contributed by atoms with Gasteiger partial charge in [0.05, 0.1) is 19.6 Å². The molecule has 5 nitrogen and oxygen atoms in total. The number of ether oxygens (including phenoxy) is 2. The Morgan fingerprint density at radius 1 is 1.43 bits per heavy atom. The maximum atomic E-state index is 12.5. The second kappa shape index (κ2) is 9.67. The number of nitrogens with zero attached hydrogens (tertiary/aromatic N) is 1. The molecule has 0 saturated carbocycles. The lowest BCUT2D eigenvalue weighted by atomic mass is 10.1. The van der Waals surface area contributed by atoms with Crippen LogP contribution >= 0.6 is 11.3 Å². The molecule has 0 aromatic carbocycles. The molecule has 1 saturated heterocycles. The van der Waals surface area contributed by atoms with Crippen LogP contribution in [0, 0.1) is 0 Å². The van der Waals surface area contributed by atoms with E-state index in [4.69, 9.17) is 4.74 Å². The summed E-state index contributed by atoms with van der Waals surface area (Å²) in [6.07, 6.45) is 4.63. The Balaban J connectivity index is 1.80. The summed E-state index contributed by atoms with van der Waals surface area (Å²) in [5.74, 6) is -0.185. The van der Waals surface area contributed by atoms with E-state index in [9.17, 15) is 9.59 Å². The fourth-order valence-electron chi connectivity index (χ4n) is 2.71. The molecule has 0 spiro atoms. The number of hydrogen-bond donors (Lipinski definition) is 0. The van der Waals surface area contributed by atoms with Gasteiger partial charge < -0.3 is 14.4 Å². The third-order valence-electron chi connectivity index (χ3n) is 4.01. The lowest BCUT2D eigenvalue weighted by Crippen LogP contribution is -2.38. The fourth-order valence-corrected chi connectivity index (χ4v) is 3.46. The van der Waals surface area contributed by atoms with E-state index >= 15 is 0 Å². The summed E-state index contributed by atoms with van der Waals surface area (Å²) in [6, 6.07) is 4.12. The third-order valence-corrected chi connectivity index (χ3v) is 4.94. The monoisotopic (exact) mass is 339 g/mol. The topological polar surface area (TPSA) is 55.8 Å². The first-order chi connectivity index (χ1) is 11.2. The van der Waals surface area contributed by atoms with Crippen LogP contribution in [0.15, 0.2) is 17.5 Å². The smallest absolute Gasteiger partial charge is 0.307 e. The van der Waals surface area contributed by atoms with Crippen LogP contribution in [-0.2, 0) is 25.5 Å². The maximum Gasteiger partial charge on any atom is 0.307 e. The molecule has 2 rings (SSSR count). The van der Waals surface area contributed by atoms with Crippen LogP contribution in [0.2, 0.25) is 0 Å². The largest absolute Gasteiger partial charge is 0.469 e. The average Bonchev–Trinajstić information content (AvgIpc) is 3.24. The third kappa shape index (κ3) is 6.31. The second-order valence-corrected chi connectivity index (χ2v) is 6.77. The molecule has 1 aromatic rings. The first-order valence-electron chi connectivity index (χ1n) is 8.17. The number of carbonyl (C=O) groups excluding carboxylic acids is 2. The molecule has 0 N–H and O–H groups in total. The minimum absolute atomic E-state index is 0.0981. The van der Waals surface area contributed by atoms with Crippen LogP contribution in [0.3, 0.4) is 0 Å². The van der Waals surface area contributed by atoms with E-state index in [0.29, 0.717) is 19.5 Å². The number of rotatable bonds is 9. The van der Waals surface area contributed by atoms with Gasteiger partial charge in [0.1, 0.15) is 0 Å². The van der Waals surface area contributed by atoms with Crippen LogP contribution < -0.4 is 0 Å². The quantitative estimate of drug-likeness (QED) is 0.649. The normalized spacial score (nSPS) is 17.2. The molecule has 1 aliphatic rings. The van der Waals surface area contributed by atoms with Crippen molar-refractivity contribution in [3.8, 4) is 0 Å². The van der Waals surface area contributed by atoms with Crippen LogP contribution in [0.4, 0.5) is 0 Å². The van der Waals surface area contributed by atoms with Crippen LogP contribution in [0.25, 0.3) is 0 Å². The molecule has 0 aliphatic carbocycles. The number of hydrogen-bond acceptors (Lipinski definition) is 5. The standard InChI is InChI=1S/C17H25NO4S/c1-21-17(20)9-10-18(13-14-5-3-11-22-14)16(19)8-2-6-15-7-4-12-23-15/h4,7,12,14H,2-3,5-6,8-11,13H2,1H3/t14-/m1/s1. The van der Waals surface area contributed by atoms with Gasteiger partial charge in [-0.2, -0.15) is 0 Å². The molecule has 1 atom stereocenters. The number of thiophene rings is 1. The van der Waals surface area contributed by atoms with Crippen molar-refractivity contribution in [3.63, 3.8) is 0 Å². The molecule has 1 fully saturated rings. The number of carbonyl (C=O) groups is 2. The molecule has 1 aromatic heterocycles. The molecule has 23 heavy (non-hydrogen) atoms. The van der Waals surface area contributed by atoms with Crippen molar-refractivity contribution in [1.82, 2.24) is 4.90 Å². The molecule has 6 heteroatoms. The highest BCUT2D eigenvalue weighted by atomic mass is 32.1. The van der Waals surface area contributed by atoms with Crippen LogP contribution in [0.5, 0.6) is 0 Å². The van der Waals surface area contributed by atoms with Gasteiger partial charge in [-0.05, 0) is 37.1 Å². The Kier molecular flexibility index (Phi) is 7.55. The molecule has 1 amide bonds. The van der Waals surface area contributed by atoms with Crippen molar-refractivity contribution in [2.75, 3.05) is 26.8 Å². The number of methoxy groups -OCH3 is 1. The Hall–Kier alpha value is -1.40. The minimum Gasteiger partial charge on any atom is -0.469 e. The highest BCUT2D eigenvalue weighted by molar-refractivity contribution is 7.09. The predicted molar refractivity (Wildman–Crippen MR) is 89.4 cm³/mol. The van der Waals surface area contributed by atoms with E-state index in [2.05, 4.69) is 16.2 Å². The van der Waals surface area contributed by atoms with Gasteiger partial charge in [0, 0.05) is 31.0 Å². The van der Waals surface area contributed by atoms with Crippen molar-refractivity contribution in [2.24, 2.45) is 0 Å². The van der Waals surface area contributed by atoms with Crippen LogP contribution in [-0.4, -0.2) is 49.7 Å². The summed E-state index contributed by atoms with van der Waals surface area (Å²) in [5, 5.41) is 2.05. The average molecular weight is 339 g/mol. The van der Waals surface area contributed by atoms with E-state index in [1.807, 2.05) is 6.07 Å². The summed E-state index contributed by atoms with van der Waals surface area (Å²) in [7, 11) is 1.37. The predicted octanol–water partition coefficient (Wildman–Crippen LogP) is 2.64. The van der Waals surface area contributed by atoms with Gasteiger partial charge in [0.25, 0.3) is 0 Å². The summed E-state index contributed by atoms with van der Waals surface area (Å²) >= 11 is 1.72. The highest BCUT2D eigenvalue weighted by Gasteiger charge is 2.23. The summed E-state index contributed by atoms with van der Waals surface area (Å²) < 4.78 is 10.3. The van der Waals surface area contributed by atoms with E-state index in [1.165, 1.54) is 12.0 Å². The second-order valence-electron chi connectivity index (χ2n) is 5.73. The molecule has 2 heterocycles. The Labute approximate surface area is 141 Å². The van der Waals surface area contributed by atoms with Gasteiger partial charge in [-0.1, -0.05) is 6.07 Å². The lowest BCUT2D eigenvalue weighted by Gasteiger charge is -2.25. The lowest BCUT2D eigenvalue weighted by molar-refractivity contribution is -0.142. The van der Waals surface area contributed by atoms with Crippen LogP contribution in [0.1, 0.15) is 37.0 Å². The first kappa shape index (κ1) is 17.9. The van der Waals surface area contributed by atoms with Gasteiger partial charge in [0.2, 0.25) is 5.91 Å². The molecular weight excluding hydrogens is 314 g/mol. The van der Waals surface area contributed by atoms with E-state index in [0.717, 1.165) is 32.3 Å². The molecule has 0 unspecified atom stereocenters. The molecule has 0 bridgehead atoms. The summed E-state index contributed by atoms with van der Waals surface area (Å²) in [6.45, 7) is 1.75. The van der Waals surface area contributed by atoms with Crippen molar-refractivity contribution in [1.29, 1.82) is 0 Å². The Morgan fingerprint density at radius 2 is 2.30 bits per heavy atom. The minimum atomic E-state index is -0.284. The molecule has 128 valence electrons. The summed E-state index contributed by atoms with van der Waals surface area (Å²) in [5.41, 5.74) is 0. The highest BCUT2D eigenvalue weighted by Crippen LogP contribution is 2.16. The zero-order valence-corrected chi connectivity index (χ0v) is 14.5. The fraction of sp³-hybridized carbons (Fsp3) is 0.647. The van der Waals surface area contributed by atoms with Gasteiger partial charge in [-0.3, -0.25) is 9.59 Å². The SMILES string of the molecule is COC(=O)CCN(C[C@H]1CCCO1)C(=O)CCCc1cccs1. The summed E-state index contributed by atoms with van der Waals surface area (Å²) in [4.78, 5) is 26.9. The Morgan fingerprint density at radius 3 is 2.96 bits per heavy atom. The van der Waals surface area contributed by atoms with Crippen molar-refractivity contribution in [2.45, 2.75) is 44.6 Å². The molecular formula is C17H25NO4S. The van der Waals surface area contributed by atoms with Gasteiger partial charge in [-0.25, -0.2) is 0 Å². The molecule has 0 radical (unpaired) electrons. The maximum absolute atomic E-state index is 12.5. The van der Waals surface area contributed by atoms with Gasteiger partial charge in [0.15, 0.2) is 0 Å². The van der Waals surface area contributed by atoms with Gasteiger partial charge >= 0.3 is 5.97 Å². The number of esters is 1. The van der Waals surface area contributed by atoms with Gasteiger partial charge in [-0.15, -0.1) is 11.3 Å².